The third kappa shape index (κ3) is 4.05. The molecule has 0 aliphatic carbocycles. The Bertz CT molecular complexity index is 720. The van der Waals surface area contributed by atoms with Gasteiger partial charge in [0.05, 0.1) is 0 Å². The van der Waals surface area contributed by atoms with Gasteiger partial charge in [0, 0.05) is 23.9 Å². The molecule has 0 saturated carbocycles. The summed E-state index contributed by atoms with van der Waals surface area (Å²) in [6.07, 6.45) is -4.69. The van der Waals surface area contributed by atoms with Crippen LogP contribution in [0.2, 0.25) is 0 Å². The first kappa shape index (κ1) is 18.8. The number of aliphatic hydroxyl groups excluding tert-OH is 1. The highest BCUT2D eigenvalue weighted by molar-refractivity contribution is 9.10. The van der Waals surface area contributed by atoms with Crippen LogP contribution in [0, 0.1) is 0 Å². The van der Waals surface area contributed by atoms with Gasteiger partial charge in [0.1, 0.15) is 18.8 Å². The molecule has 0 spiro atoms. The van der Waals surface area contributed by atoms with Gasteiger partial charge >= 0.3 is 11.9 Å². The maximum Gasteiger partial charge on any atom is 0.303 e. The van der Waals surface area contributed by atoms with E-state index in [9.17, 15) is 14.7 Å². The third-order valence-electron chi connectivity index (χ3n) is 3.97. The maximum atomic E-state index is 11.4. The van der Waals surface area contributed by atoms with Gasteiger partial charge in [-0.05, 0) is 24.3 Å². The van der Waals surface area contributed by atoms with E-state index in [-0.39, 0.29) is 6.61 Å². The van der Waals surface area contributed by atoms with Crippen molar-refractivity contribution in [3.63, 3.8) is 0 Å². The van der Waals surface area contributed by atoms with Gasteiger partial charge in [0.2, 0.25) is 5.90 Å². The summed E-state index contributed by atoms with van der Waals surface area (Å²) in [4.78, 5) is 26.8. The van der Waals surface area contributed by atoms with Crippen LogP contribution in [-0.4, -0.2) is 60.2 Å². The summed E-state index contributed by atoms with van der Waals surface area (Å²) < 4.78 is 22.6. The van der Waals surface area contributed by atoms with Crippen molar-refractivity contribution in [3.8, 4) is 0 Å². The van der Waals surface area contributed by atoms with E-state index in [4.69, 9.17) is 18.9 Å². The third-order valence-corrected chi connectivity index (χ3v) is 4.50. The predicted octanol–water partition coefficient (Wildman–Crippen LogP) is 1.18. The Morgan fingerprint density at radius 3 is 2.54 bits per heavy atom. The SMILES string of the molecule is CC(=O)OC[C@H]1O[C@@H]2N=C(c3ccc(Br)cc3)O[C@@H]2[C@@H](O)[C@@H]1OC(C)=O. The molecule has 1 N–H and O–H groups in total. The molecule has 0 aromatic heterocycles. The van der Waals surface area contributed by atoms with Crippen molar-refractivity contribution in [1.29, 1.82) is 0 Å². The maximum absolute atomic E-state index is 11.4. The molecule has 140 valence electrons. The van der Waals surface area contributed by atoms with Crippen LogP contribution in [0.4, 0.5) is 0 Å². The van der Waals surface area contributed by atoms with Gasteiger partial charge in [-0.1, -0.05) is 15.9 Å². The highest BCUT2D eigenvalue weighted by Crippen LogP contribution is 2.32. The van der Waals surface area contributed by atoms with Gasteiger partial charge in [-0.3, -0.25) is 9.59 Å². The standard InChI is InChI=1S/C17H18BrNO7/c1-8(20)23-7-12-14(24-9(2)21)13(22)15-17(25-12)19-16(26-15)10-3-5-11(18)6-4-10/h3-6,12-15,17,22H,7H2,1-2H3/t12-,13+,14-,15-,17+/m1/s1. The zero-order valence-corrected chi connectivity index (χ0v) is 15.7. The number of aliphatic imine (C=N–C) groups is 1. The molecule has 3 rings (SSSR count). The topological polar surface area (TPSA) is 104 Å². The molecule has 8 nitrogen and oxygen atoms in total. The first-order valence-corrected chi connectivity index (χ1v) is 8.79. The van der Waals surface area contributed by atoms with Crippen molar-refractivity contribution in [2.75, 3.05) is 6.61 Å². The molecule has 2 aliphatic heterocycles. The van der Waals surface area contributed by atoms with Crippen LogP contribution in [0.3, 0.4) is 0 Å². The minimum absolute atomic E-state index is 0.170. The van der Waals surface area contributed by atoms with Crippen LogP contribution in [0.15, 0.2) is 33.7 Å². The van der Waals surface area contributed by atoms with E-state index in [2.05, 4.69) is 20.9 Å². The molecule has 2 aliphatic rings. The van der Waals surface area contributed by atoms with Gasteiger partial charge in [-0.2, -0.15) is 0 Å². The summed E-state index contributed by atoms with van der Waals surface area (Å²) in [5, 5.41) is 10.6. The van der Waals surface area contributed by atoms with E-state index in [0.29, 0.717) is 5.90 Å². The Morgan fingerprint density at radius 1 is 1.23 bits per heavy atom. The van der Waals surface area contributed by atoms with Crippen molar-refractivity contribution in [3.05, 3.63) is 34.3 Å². The monoisotopic (exact) mass is 427 g/mol. The number of hydrogen-bond acceptors (Lipinski definition) is 8. The van der Waals surface area contributed by atoms with Crippen LogP contribution >= 0.6 is 15.9 Å². The van der Waals surface area contributed by atoms with E-state index < -0.39 is 42.6 Å². The van der Waals surface area contributed by atoms with E-state index in [1.165, 1.54) is 13.8 Å². The number of aliphatic hydroxyl groups is 1. The molecule has 5 atom stereocenters. The number of benzene rings is 1. The Kier molecular flexibility index (Phi) is 5.59. The smallest absolute Gasteiger partial charge is 0.303 e. The Morgan fingerprint density at radius 2 is 1.92 bits per heavy atom. The van der Waals surface area contributed by atoms with Gasteiger partial charge in [0.25, 0.3) is 0 Å². The second-order valence-corrected chi connectivity index (χ2v) is 6.87. The average molecular weight is 428 g/mol. The number of halogens is 1. The van der Waals surface area contributed by atoms with E-state index in [1.807, 2.05) is 24.3 Å². The summed E-state index contributed by atoms with van der Waals surface area (Å²) in [5.41, 5.74) is 0.721. The zero-order chi connectivity index (χ0) is 18.8. The fraction of sp³-hybridized carbons (Fsp3) is 0.471. The molecule has 1 saturated heterocycles. The second-order valence-electron chi connectivity index (χ2n) is 5.96. The number of carbonyl (C=O) groups excluding carboxylic acids is 2. The van der Waals surface area contributed by atoms with Crippen LogP contribution in [-0.2, 0) is 28.5 Å². The summed E-state index contributed by atoms with van der Waals surface area (Å²) in [6, 6.07) is 7.30. The number of rotatable bonds is 4. The Balaban J connectivity index is 1.80. The van der Waals surface area contributed by atoms with Crippen molar-refractivity contribution < 1.29 is 33.6 Å². The fourth-order valence-electron chi connectivity index (χ4n) is 2.82. The lowest BCUT2D eigenvalue weighted by atomic mass is 9.98. The van der Waals surface area contributed by atoms with Gasteiger partial charge in [-0.15, -0.1) is 0 Å². The predicted molar refractivity (Wildman–Crippen MR) is 92.4 cm³/mol. The molecule has 1 aromatic carbocycles. The molecule has 2 heterocycles. The molecular formula is C17H18BrNO7. The summed E-state index contributed by atoms with van der Waals surface area (Å²) in [7, 11) is 0. The molecule has 26 heavy (non-hydrogen) atoms. The molecule has 1 aromatic rings. The van der Waals surface area contributed by atoms with Crippen molar-refractivity contribution >= 4 is 33.8 Å². The Hall–Kier alpha value is -1.97. The molecular weight excluding hydrogens is 410 g/mol. The quantitative estimate of drug-likeness (QED) is 0.719. The molecule has 0 bridgehead atoms. The minimum atomic E-state index is -1.19. The lowest BCUT2D eigenvalue weighted by molar-refractivity contribution is -0.228. The highest BCUT2D eigenvalue weighted by Gasteiger charge is 2.51. The van der Waals surface area contributed by atoms with E-state index in [0.717, 1.165) is 10.0 Å². The van der Waals surface area contributed by atoms with E-state index in [1.54, 1.807) is 0 Å². The van der Waals surface area contributed by atoms with Crippen LogP contribution in [0.25, 0.3) is 0 Å². The first-order chi connectivity index (χ1) is 12.3. The number of carbonyl (C=O) groups is 2. The molecule has 1 fully saturated rings. The Labute approximate surface area is 158 Å². The van der Waals surface area contributed by atoms with Crippen LogP contribution in [0.1, 0.15) is 19.4 Å². The summed E-state index contributed by atoms with van der Waals surface area (Å²) >= 11 is 3.36. The fourth-order valence-corrected chi connectivity index (χ4v) is 3.09. The second kappa shape index (κ2) is 7.73. The lowest BCUT2D eigenvalue weighted by Crippen LogP contribution is -2.59. The molecule has 0 radical (unpaired) electrons. The minimum Gasteiger partial charge on any atom is -0.466 e. The number of hydrogen-bond donors (Lipinski definition) is 1. The molecule has 0 amide bonds. The largest absolute Gasteiger partial charge is 0.466 e. The molecule has 0 unspecified atom stereocenters. The highest BCUT2D eigenvalue weighted by atomic mass is 79.9. The van der Waals surface area contributed by atoms with Crippen LogP contribution < -0.4 is 0 Å². The van der Waals surface area contributed by atoms with Gasteiger partial charge < -0.3 is 24.1 Å². The first-order valence-electron chi connectivity index (χ1n) is 7.99. The van der Waals surface area contributed by atoms with Gasteiger partial charge in [-0.25, -0.2) is 4.99 Å². The van der Waals surface area contributed by atoms with E-state index >= 15 is 0 Å². The number of nitrogens with zero attached hydrogens (tertiary/aromatic N) is 1. The number of fused-ring (bicyclic) bond motifs is 1. The average Bonchev–Trinajstić information content (AvgIpc) is 3.00. The molecule has 9 heteroatoms. The summed E-state index contributed by atoms with van der Waals surface area (Å²) in [5.74, 6) is -0.772. The van der Waals surface area contributed by atoms with Crippen LogP contribution in [0.5, 0.6) is 0 Å². The van der Waals surface area contributed by atoms with Crippen molar-refractivity contribution in [1.82, 2.24) is 0 Å². The normalized spacial score (nSPS) is 30.0. The zero-order valence-electron chi connectivity index (χ0n) is 14.1. The van der Waals surface area contributed by atoms with Gasteiger partial charge in [0.15, 0.2) is 18.4 Å². The lowest BCUT2D eigenvalue weighted by Gasteiger charge is -2.39. The summed E-state index contributed by atoms with van der Waals surface area (Å²) in [6.45, 7) is 2.31. The van der Waals surface area contributed by atoms with Crippen molar-refractivity contribution in [2.45, 2.75) is 44.5 Å². The number of esters is 2. The number of ether oxygens (including phenoxy) is 4. The van der Waals surface area contributed by atoms with Crippen molar-refractivity contribution in [2.24, 2.45) is 4.99 Å².